The van der Waals surface area contributed by atoms with Crippen molar-refractivity contribution in [1.29, 1.82) is 0 Å². The van der Waals surface area contributed by atoms with Gasteiger partial charge in [0.15, 0.2) is 0 Å². The van der Waals surface area contributed by atoms with Crippen LogP contribution in [-0.4, -0.2) is 28.0 Å². The van der Waals surface area contributed by atoms with Crippen LogP contribution < -0.4 is 5.32 Å². The van der Waals surface area contributed by atoms with Gasteiger partial charge in [0.2, 0.25) is 0 Å². The zero-order chi connectivity index (χ0) is 15.4. The highest BCUT2D eigenvalue weighted by molar-refractivity contribution is 6.06. The molecule has 2 N–H and O–H groups in total. The summed E-state index contributed by atoms with van der Waals surface area (Å²) >= 11 is 0. The van der Waals surface area contributed by atoms with E-state index in [4.69, 9.17) is 0 Å². The van der Waals surface area contributed by atoms with Gasteiger partial charge in [-0.3, -0.25) is 9.78 Å². The number of nitrogens with zero attached hydrogens (tertiary/aromatic N) is 1. The van der Waals surface area contributed by atoms with Gasteiger partial charge in [0.05, 0.1) is 11.1 Å². The summed E-state index contributed by atoms with van der Waals surface area (Å²) < 4.78 is 0. The number of aromatic nitrogens is 1. The zero-order valence-electron chi connectivity index (χ0n) is 12.0. The molecule has 1 heterocycles. The highest BCUT2D eigenvalue weighted by atomic mass is 16.4. The van der Waals surface area contributed by atoms with Crippen LogP contribution in [0.2, 0.25) is 0 Å². The van der Waals surface area contributed by atoms with Crippen LogP contribution in [0.25, 0.3) is 10.9 Å². The molecule has 0 radical (unpaired) electrons. The van der Waals surface area contributed by atoms with E-state index in [1.54, 1.807) is 24.4 Å². The maximum Gasteiger partial charge on any atom is 0.326 e. The number of pyridine rings is 1. The molecule has 5 heteroatoms. The third kappa shape index (κ3) is 3.56. The minimum atomic E-state index is -1.02. The van der Waals surface area contributed by atoms with Crippen molar-refractivity contribution >= 4 is 22.8 Å². The normalized spacial score (nSPS) is 12.3. The number of aliphatic carboxylic acids is 1. The highest BCUT2D eigenvalue weighted by Crippen LogP contribution is 2.16. The predicted molar refractivity (Wildman–Crippen MR) is 80.1 cm³/mol. The lowest BCUT2D eigenvalue weighted by atomic mass is 10.0. The summed E-state index contributed by atoms with van der Waals surface area (Å²) in [7, 11) is 0. The SMILES string of the molecule is CC(C)C[C@H](NC(=O)c1cccc2cccnc12)C(=O)O. The molecule has 5 nitrogen and oxygen atoms in total. The lowest BCUT2D eigenvalue weighted by Crippen LogP contribution is -2.41. The van der Waals surface area contributed by atoms with Crippen molar-refractivity contribution in [2.75, 3.05) is 0 Å². The molecule has 2 rings (SSSR count). The molecule has 2 aromatic rings. The molecule has 0 bridgehead atoms. The summed E-state index contributed by atoms with van der Waals surface area (Å²) in [6.45, 7) is 3.84. The Balaban J connectivity index is 2.27. The molecule has 110 valence electrons. The van der Waals surface area contributed by atoms with Gasteiger partial charge < -0.3 is 10.4 Å². The van der Waals surface area contributed by atoms with E-state index < -0.39 is 17.9 Å². The van der Waals surface area contributed by atoms with Crippen molar-refractivity contribution < 1.29 is 14.7 Å². The molecular formula is C16H18N2O3. The lowest BCUT2D eigenvalue weighted by Gasteiger charge is -2.16. The van der Waals surface area contributed by atoms with Gasteiger partial charge in [0.25, 0.3) is 5.91 Å². The highest BCUT2D eigenvalue weighted by Gasteiger charge is 2.22. The second-order valence-electron chi connectivity index (χ2n) is 5.37. The van der Waals surface area contributed by atoms with Crippen LogP contribution in [-0.2, 0) is 4.79 Å². The van der Waals surface area contributed by atoms with E-state index in [1.165, 1.54) is 0 Å². The van der Waals surface area contributed by atoms with E-state index in [1.807, 2.05) is 26.0 Å². The minimum Gasteiger partial charge on any atom is -0.480 e. The number of fused-ring (bicyclic) bond motifs is 1. The summed E-state index contributed by atoms with van der Waals surface area (Å²) in [4.78, 5) is 27.8. The average Bonchev–Trinajstić information content (AvgIpc) is 2.45. The Morgan fingerprint density at radius 2 is 1.95 bits per heavy atom. The Kier molecular flexibility index (Phi) is 4.52. The van der Waals surface area contributed by atoms with Crippen molar-refractivity contribution in [3.05, 3.63) is 42.1 Å². The molecule has 0 aliphatic carbocycles. The maximum atomic E-state index is 12.3. The Morgan fingerprint density at radius 3 is 2.62 bits per heavy atom. The third-order valence-electron chi connectivity index (χ3n) is 3.19. The number of hydrogen-bond acceptors (Lipinski definition) is 3. The first-order valence-corrected chi connectivity index (χ1v) is 6.86. The summed E-state index contributed by atoms with van der Waals surface area (Å²) in [6.07, 6.45) is 2.00. The number of para-hydroxylation sites is 1. The molecule has 0 saturated carbocycles. The number of carbonyl (C=O) groups is 2. The Bertz CT molecular complexity index is 662. The van der Waals surface area contributed by atoms with Crippen molar-refractivity contribution in [3.63, 3.8) is 0 Å². The summed E-state index contributed by atoms with van der Waals surface area (Å²) in [5, 5.41) is 12.6. The first-order valence-electron chi connectivity index (χ1n) is 6.86. The average molecular weight is 286 g/mol. The molecule has 1 aromatic heterocycles. The van der Waals surface area contributed by atoms with Crippen molar-refractivity contribution in [3.8, 4) is 0 Å². The molecule has 1 amide bonds. The predicted octanol–water partition coefficient (Wildman–Crippen LogP) is 2.46. The van der Waals surface area contributed by atoms with E-state index in [9.17, 15) is 14.7 Å². The smallest absolute Gasteiger partial charge is 0.326 e. The topological polar surface area (TPSA) is 79.3 Å². The molecule has 21 heavy (non-hydrogen) atoms. The van der Waals surface area contributed by atoms with Crippen LogP contribution in [0.4, 0.5) is 0 Å². The number of nitrogens with one attached hydrogen (secondary N) is 1. The van der Waals surface area contributed by atoms with Crippen LogP contribution in [0.5, 0.6) is 0 Å². The number of rotatable bonds is 5. The van der Waals surface area contributed by atoms with Crippen LogP contribution in [0.3, 0.4) is 0 Å². The van der Waals surface area contributed by atoms with Crippen molar-refractivity contribution in [1.82, 2.24) is 10.3 Å². The van der Waals surface area contributed by atoms with Crippen LogP contribution >= 0.6 is 0 Å². The van der Waals surface area contributed by atoms with E-state index in [0.29, 0.717) is 17.5 Å². The fraction of sp³-hybridized carbons (Fsp3) is 0.312. The largest absolute Gasteiger partial charge is 0.480 e. The first-order chi connectivity index (χ1) is 9.99. The van der Waals surface area contributed by atoms with Crippen LogP contribution in [0.15, 0.2) is 36.5 Å². The summed E-state index contributed by atoms with van der Waals surface area (Å²) in [6, 6.07) is 8.04. The number of benzene rings is 1. The molecule has 1 aromatic carbocycles. The van der Waals surface area contributed by atoms with Gasteiger partial charge in [0, 0.05) is 11.6 Å². The second-order valence-corrected chi connectivity index (χ2v) is 5.37. The lowest BCUT2D eigenvalue weighted by molar-refractivity contribution is -0.139. The Hall–Kier alpha value is -2.43. The van der Waals surface area contributed by atoms with Gasteiger partial charge in [-0.1, -0.05) is 32.0 Å². The maximum absolute atomic E-state index is 12.3. The number of carbonyl (C=O) groups excluding carboxylic acids is 1. The zero-order valence-corrected chi connectivity index (χ0v) is 12.0. The van der Waals surface area contributed by atoms with Crippen LogP contribution in [0.1, 0.15) is 30.6 Å². The summed E-state index contributed by atoms with van der Waals surface area (Å²) in [5.41, 5.74) is 0.967. The van der Waals surface area contributed by atoms with Crippen molar-refractivity contribution in [2.45, 2.75) is 26.3 Å². The third-order valence-corrected chi connectivity index (χ3v) is 3.19. The van der Waals surface area contributed by atoms with Gasteiger partial charge in [-0.25, -0.2) is 4.79 Å². The Labute approximate surface area is 123 Å². The van der Waals surface area contributed by atoms with Gasteiger partial charge in [0.1, 0.15) is 6.04 Å². The molecule has 0 saturated heterocycles. The van der Waals surface area contributed by atoms with E-state index >= 15 is 0 Å². The fourth-order valence-electron chi connectivity index (χ4n) is 2.22. The van der Waals surface area contributed by atoms with Crippen LogP contribution in [0, 0.1) is 5.92 Å². The Morgan fingerprint density at radius 1 is 1.24 bits per heavy atom. The number of hydrogen-bond donors (Lipinski definition) is 2. The molecule has 0 aliphatic rings. The number of amides is 1. The monoisotopic (exact) mass is 286 g/mol. The van der Waals surface area contributed by atoms with E-state index in [0.717, 1.165) is 5.39 Å². The first kappa shape index (κ1) is 15.0. The van der Waals surface area contributed by atoms with Gasteiger partial charge in [-0.05, 0) is 24.5 Å². The summed E-state index contributed by atoms with van der Waals surface area (Å²) in [5.74, 6) is -1.25. The van der Waals surface area contributed by atoms with Crippen molar-refractivity contribution in [2.24, 2.45) is 5.92 Å². The van der Waals surface area contributed by atoms with Gasteiger partial charge in [-0.15, -0.1) is 0 Å². The number of carboxylic acid groups (broad SMARTS) is 1. The molecule has 0 fully saturated rings. The van der Waals surface area contributed by atoms with Gasteiger partial charge in [-0.2, -0.15) is 0 Å². The second kappa shape index (κ2) is 6.35. The fourth-order valence-corrected chi connectivity index (χ4v) is 2.22. The number of carboxylic acids is 1. The van der Waals surface area contributed by atoms with Gasteiger partial charge >= 0.3 is 5.97 Å². The molecule has 0 spiro atoms. The molecule has 0 aliphatic heterocycles. The van der Waals surface area contributed by atoms with E-state index in [2.05, 4.69) is 10.3 Å². The van der Waals surface area contributed by atoms with E-state index in [-0.39, 0.29) is 5.92 Å². The molecular weight excluding hydrogens is 268 g/mol. The standard InChI is InChI=1S/C16H18N2O3/c1-10(2)9-13(16(20)21)18-15(19)12-7-3-5-11-6-4-8-17-14(11)12/h3-8,10,13H,9H2,1-2H3,(H,18,19)(H,20,21)/t13-/m0/s1. The molecule has 0 unspecified atom stereocenters. The molecule has 1 atom stereocenters. The minimum absolute atomic E-state index is 0.178. The quantitative estimate of drug-likeness (QED) is 0.885.